The Kier molecular flexibility index (Phi) is 6.41. The van der Waals surface area contributed by atoms with E-state index < -0.39 is 0 Å². The van der Waals surface area contributed by atoms with Crippen LogP contribution in [0.2, 0.25) is 0 Å². The van der Waals surface area contributed by atoms with Crippen LogP contribution in [0.15, 0.2) is 182 Å². The minimum Gasteiger partial charge on any atom is -0.309 e. The molecule has 10 aromatic rings. The summed E-state index contributed by atoms with van der Waals surface area (Å²) >= 11 is 0. The molecule has 0 N–H and O–H groups in total. The molecule has 0 unspecified atom stereocenters. The molecule has 2 nitrogen and oxygen atoms in total. The van der Waals surface area contributed by atoms with Gasteiger partial charge < -0.3 is 9.13 Å². The fourth-order valence-electron chi connectivity index (χ4n) is 8.83. The van der Waals surface area contributed by atoms with Crippen molar-refractivity contribution in [1.29, 1.82) is 0 Å². The second-order valence-corrected chi connectivity index (χ2v) is 14.1. The van der Waals surface area contributed by atoms with Crippen molar-refractivity contribution in [1.82, 2.24) is 9.13 Å². The third-order valence-corrected chi connectivity index (χ3v) is 11.2. The van der Waals surface area contributed by atoms with Crippen molar-refractivity contribution in [3.63, 3.8) is 0 Å². The zero-order valence-electron chi connectivity index (χ0n) is 28.6. The Labute approximate surface area is 302 Å². The Bertz CT molecular complexity index is 3010. The number of fused-ring (bicyclic) bond motifs is 9. The van der Waals surface area contributed by atoms with Crippen LogP contribution < -0.4 is 0 Å². The topological polar surface area (TPSA) is 9.86 Å². The van der Waals surface area contributed by atoms with Gasteiger partial charge in [0.25, 0.3) is 0 Å². The standard InChI is InChI=1S/C50H34N2/c1-2-12-33(13-3-1)41-16-6-9-19-46(41)52-48-21-11-8-18-43(48)45-32-36(25-29-50(45)52)35-24-28-49-44(31-35)42-17-7-10-20-47(42)51(49)38-26-27-40-37(30-38)23-22-34-14-4-5-15-39(34)40/h1-21,24-32H,22-23H2. The molecule has 0 aliphatic heterocycles. The van der Waals surface area contributed by atoms with Gasteiger partial charge in [0, 0.05) is 32.8 Å². The Balaban J connectivity index is 1.07. The molecular formula is C50H34N2. The molecule has 2 aromatic heterocycles. The molecule has 244 valence electrons. The number of nitrogens with zero attached hydrogens (tertiary/aromatic N) is 2. The monoisotopic (exact) mass is 662 g/mol. The van der Waals surface area contributed by atoms with Crippen LogP contribution in [-0.2, 0) is 12.8 Å². The molecule has 1 aliphatic carbocycles. The molecular weight excluding hydrogens is 629 g/mol. The molecule has 11 rings (SSSR count). The minimum atomic E-state index is 1.07. The van der Waals surface area contributed by atoms with E-state index in [1.54, 1.807) is 0 Å². The molecule has 0 saturated carbocycles. The first-order chi connectivity index (χ1) is 25.8. The highest BCUT2D eigenvalue weighted by Crippen LogP contribution is 2.41. The van der Waals surface area contributed by atoms with Gasteiger partial charge in [0.1, 0.15) is 0 Å². The molecule has 2 heteroatoms. The second kappa shape index (κ2) is 11.4. The van der Waals surface area contributed by atoms with Gasteiger partial charge >= 0.3 is 0 Å². The first kappa shape index (κ1) is 29.1. The van der Waals surface area contributed by atoms with E-state index in [4.69, 9.17) is 0 Å². The predicted molar refractivity (Wildman–Crippen MR) is 219 cm³/mol. The van der Waals surface area contributed by atoms with Gasteiger partial charge in [-0.3, -0.25) is 0 Å². The summed E-state index contributed by atoms with van der Waals surface area (Å²) in [6.07, 6.45) is 2.16. The van der Waals surface area contributed by atoms with Crippen LogP contribution in [0, 0.1) is 0 Å². The van der Waals surface area contributed by atoms with Gasteiger partial charge in [-0.2, -0.15) is 0 Å². The summed E-state index contributed by atoms with van der Waals surface area (Å²) in [6, 6.07) is 67.1. The average molecular weight is 663 g/mol. The lowest BCUT2D eigenvalue weighted by Crippen LogP contribution is -2.05. The van der Waals surface area contributed by atoms with Gasteiger partial charge in [0.2, 0.25) is 0 Å². The lowest BCUT2D eigenvalue weighted by molar-refractivity contribution is 0.938. The number of hydrogen-bond acceptors (Lipinski definition) is 0. The molecule has 0 saturated heterocycles. The maximum Gasteiger partial charge on any atom is 0.0541 e. The minimum absolute atomic E-state index is 1.07. The predicted octanol–water partition coefficient (Wildman–Crippen LogP) is 13.0. The van der Waals surface area contributed by atoms with E-state index in [1.807, 2.05) is 0 Å². The summed E-state index contributed by atoms with van der Waals surface area (Å²) in [4.78, 5) is 0. The average Bonchev–Trinajstić information content (AvgIpc) is 3.73. The Morgan fingerprint density at radius 3 is 1.60 bits per heavy atom. The molecule has 2 heterocycles. The van der Waals surface area contributed by atoms with E-state index in [9.17, 15) is 0 Å². The van der Waals surface area contributed by atoms with E-state index in [2.05, 4.69) is 191 Å². The van der Waals surface area contributed by atoms with Gasteiger partial charge in [-0.25, -0.2) is 0 Å². The fraction of sp³-hybridized carbons (Fsp3) is 0.0400. The molecule has 0 amide bonds. The van der Waals surface area contributed by atoms with Gasteiger partial charge in [0.15, 0.2) is 0 Å². The molecule has 1 aliphatic rings. The SMILES string of the molecule is c1ccc(-c2ccccc2-n2c3ccccc3c3cc(-c4ccc5c(c4)c4ccccc4n5-c4ccc5c(c4)CCc4ccccc4-5)ccc32)cc1. The zero-order valence-corrected chi connectivity index (χ0v) is 28.6. The van der Waals surface area contributed by atoms with E-state index in [-0.39, 0.29) is 0 Å². The highest BCUT2D eigenvalue weighted by atomic mass is 15.0. The van der Waals surface area contributed by atoms with Crippen molar-refractivity contribution in [3.05, 3.63) is 193 Å². The zero-order chi connectivity index (χ0) is 34.2. The molecule has 0 spiro atoms. The number of aryl methyl sites for hydroxylation is 2. The number of hydrogen-bond donors (Lipinski definition) is 0. The van der Waals surface area contributed by atoms with Crippen LogP contribution in [-0.4, -0.2) is 9.13 Å². The van der Waals surface area contributed by atoms with Crippen LogP contribution in [0.3, 0.4) is 0 Å². The Morgan fingerprint density at radius 2 is 0.846 bits per heavy atom. The molecule has 52 heavy (non-hydrogen) atoms. The third kappa shape index (κ3) is 4.37. The molecule has 8 aromatic carbocycles. The number of para-hydroxylation sites is 3. The lowest BCUT2D eigenvalue weighted by atomic mass is 9.85. The summed E-state index contributed by atoms with van der Waals surface area (Å²) < 4.78 is 4.89. The van der Waals surface area contributed by atoms with Gasteiger partial charge in [0.05, 0.1) is 27.8 Å². The largest absolute Gasteiger partial charge is 0.309 e. The smallest absolute Gasteiger partial charge is 0.0541 e. The highest BCUT2D eigenvalue weighted by Gasteiger charge is 2.20. The maximum atomic E-state index is 2.45. The van der Waals surface area contributed by atoms with E-state index in [0.29, 0.717) is 0 Å². The molecule has 0 bridgehead atoms. The Morgan fingerprint density at radius 1 is 0.308 bits per heavy atom. The summed E-state index contributed by atoms with van der Waals surface area (Å²) in [5.41, 5.74) is 17.8. The van der Waals surface area contributed by atoms with E-state index in [0.717, 1.165) is 12.8 Å². The summed E-state index contributed by atoms with van der Waals surface area (Å²) in [7, 11) is 0. The van der Waals surface area contributed by atoms with Crippen LogP contribution in [0.25, 0.3) is 88.4 Å². The highest BCUT2D eigenvalue weighted by molar-refractivity contribution is 6.13. The van der Waals surface area contributed by atoms with Crippen molar-refractivity contribution in [2.45, 2.75) is 12.8 Å². The molecule has 0 atom stereocenters. The van der Waals surface area contributed by atoms with Crippen LogP contribution in [0.5, 0.6) is 0 Å². The normalized spacial score (nSPS) is 12.5. The quantitative estimate of drug-likeness (QED) is 0.177. The second-order valence-electron chi connectivity index (χ2n) is 14.1. The van der Waals surface area contributed by atoms with Crippen molar-refractivity contribution in [2.24, 2.45) is 0 Å². The van der Waals surface area contributed by atoms with Crippen molar-refractivity contribution in [3.8, 4) is 44.8 Å². The van der Waals surface area contributed by atoms with Crippen molar-refractivity contribution in [2.75, 3.05) is 0 Å². The first-order valence-corrected chi connectivity index (χ1v) is 18.2. The number of aromatic nitrogens is 2. The summed E-state index contributed by atoms with van der Waals surface area (Å²) in [6.45, 7) is 0. The number of rotatable bonds is 4. The first-order valence-electron chi connectivity index (χ1n) is 18.2. The Hall–Kier alpha value is -6.64. The third-order valence-electron chi connectivity index (χ3n) is 11.2. The molecule has 0 radical (unpaired) electrons. The molecule has 0 fully saturated rings. The lowest BCUT2D eigenvalue weighted by Gasteiger charge is -2.21. The fourth-order valence-corrected chi connectivity index (χ4v) is 8.83. The van der Waals surface area contributed by atoms with E-state index >= 15 is 0 Å². The maximum absolute atomic E-state index is 2.45. The van der Waals surface area contributed by atoms with Crippen LogP contribution in [0.4, 0.5) is 0 Å². The number of benzene rings is 8. The van der Waals surface area contributed by atoms with E-state index in [1.165, 1.54) is 99.5 Å². The van der Waals surface area contributed by atoms with Gasteiger partial charge in [-0.05, 0) is 106 Å². The summed E-state index contributed by atoms with van der Waals surface area (Å²) in [5.74, 6) is 0. The summed E-state index contributed by atoms with van der Waals surface area (Å²) in [5, 5.41) is 5.07. The van der Waals surface area contributed by atoms with Gasteiger partial charge in [-0.15, -0.1) is 0 Å². The van der Waals surface area contributed by atoms with Gasteiger partial charge in [-0.1, -0.05) is 127 Å². The van der Waals surface area contributed by atoms with Crippen molar-refractivity contribution < 1.29 is 0 Å². The van der Waals surface area contributed by atoms with Crippen LogP contribution in [0.1, 0.15) is 11.1 Å². The van der Waals surface area contributed by atoms with Crippen LogP contribution >= 0.6 is 0 Å². The van der Waals surface area contributed by atoms with Crippen molar-refractivity contribution >= 4 is 43.6 Å².